The summed E-state index contributed by atoms with van der Waals surface area (Å²) in [6.07, 6.45) is 0.415. The van der Waals surface area contributed by atoms with E-state index in [2.05, 4.69) is 15.0 Å². The number of likely N-dealkylation sites (N-methyl/N-ethyl adjacent to an activating group) is 1. The topological polar surface area (TPSA) is 149 Å². The van der Waals surface area contributed by atoms with Crippen LogP contribution in [-0.4, -0.2) is 49.6 Å². The van der Waals surface area contributed by atoms with Gasteiger partial charge in [0.1, 0.15) is 12.6 Å². The highest BCUT2D eigenvalue weighted by Crippen LogP contribution is 2.21. The summed E-state index contributed by atoms with van der Waals surface area (Å²) in [4.78, 5) is 31.8. The highest BCUT2D eigenvalue weighted by atomic mass is 32.2. The van der Waals surface area contributed by atoms with Crippen molar-refractivity contribution in [3.05, 3.63) is 60.2 Å². The first-order valence-electron chi connectivity index (χ1n) is 11.1. The molecule has 0 fully saturated rings. The molecule has 3 aromatic rings. The van der Waals surface area contributed by atoms with Crippen LogP contribution in [0.5, 0.6) is 0 Å². The third-order valence-corrected chi connectivity index (χ3v) is 6.03. The molecule has 1 atom stereocenters. The van der Waals surface area contributed by atoms with Crippen molar-refractivity contribution in [3.63, 3.8) is 0 Å². The number of hydrogen-bond acceptors (Lipinski definition) is 6. The highest BCUT2D eigenvalue weighted by molar-refractivity contribution is 7.87. The fraction of sp³-hybridized carbons (Fsp3) is 0.348. The van der Waals surface area contributed by atoms with Crippen LogP contribution in [0.1, 0.15) is 24.8 Å². The van der Waals surface area contributed by atoms with Gasteiger partial charge in [-0.25, -0.2) is 19.6 Å². The van der Waals surface area contributed by atoms with Gasteiger partial charge in [-0.1, -0.05) is 42.5 Å². The van der Waals surface area contributed by atoms with Gasteiger partial charge in [-0.05, 0) is 37.0 Å². The van der Waals surface area contributed by atoms with Crippen LogP contribution < -0.4 is 20.1 Å². The molecule has 0 saturated heterocycles. The number of benzene rings is 2. The zero-order valence-corrected chi connectivity index (χ0v) is 20.5. The molecule has 1 aromatic heterocycles. The molecular weight excluding hydrogens is 472 g/mol. The first kappa shape index (κ1) is 26.1. The standard InChI is InChI=1S/C23H30N6O5S/c1-28-20-14-7-6-12-18(20)26-22(28)29(2)21(30)19(13-8-9-15-25-35(24,32)33)27-23(31)34-16-17-10-4-3-5-11-17/h3-7,10-12,14,19,25H,8-9,13,15-16H2,1-2H3,(H,27,31)(H2,24,32,33)/t19-/m0/s1. The number of hydrogen-bond donors (Lipinski definition) is 3. The third-order valence-electron chi connectivity index (χ3n) is 5.42. The number of anilines is 1. The third kappa shape index (κ3) is 7.50. The van der Waals surface area contributed by atoms with E-state index in [1.807, 2.05) is 61.6 Å². The number of ether oxygens (including phenoxy) is 1. The molecule has 1 heterocycles. The molecule has 0 unspecified atom stereocenters. The number of rotatable bonds is 11. The Balaban J connectivity index is 1.69. The molecule has 0 aliphatic heterocycles. The monoisotopic (exact) mass is 502 g/mol. The fourth-order valence-electron chi connectivity index (χ4n) is 3.62. The van der Waals surface area contributed by atoms with E-state index in [-0.39, 0.29) is 25.5 Å². The van der Waals surface area contributed by atoms with Gasteiger partial charge >= 0.3 is 6.09 Å². The predicted molar refractivity (Wildman–Crippen MR) is 133 cm³/mol. The van der Waals surface area contributed by atoms with Crippen molar-refractivity contribution in [1.82, 2.24) is 19.6 Å². The lowest BCUT2D eigenvalue weighted by atomic mass is 10.1. The first-order valence-corrected chi connectivity index (χ1v) is 12.6. The number of nitrogens with two attached hydrogens (primary N) is 1. The molecular formula is C23H30N6O5S. The van der Waals surface area contributed by atoms with Gasteiger partial charge in [-0.2, -0.15) is 8.42 Å². The quantitative estimate of drug-likeness (QED) is 0.341. The average Bonchev–Trinajstić information content (AvgIpc) is 3.17. The normalized spacial score (nSPS) is 12.3. The minimum Gasteiger partial charge on any atom is -0.445 e. The van der Waals surface area contributed by atoms with Gasteiger partial charge < -0.3 is 14.6 Å². The lowest BCUT2D eigenvalue weighted by Gasteiger charge is -2.24. The summed E-state index contributed by atoms with van der Waals surface area (Å²) in [6, 6.07) is 15.8. The molecule has 2 amide bonds. The molecule has 35 heavy (non-hydrogen) atoms. The number of aromatic nitrogens is 2. The van der Waals surface area contributed by atoms with Crippen molar-refractivity contribution in [2.45, 2.75) is 31.9 Å². The number of aryl methyl sites for hydroxylation is 1. The van der Waals surface area contributed by atoms with E-state index in [1.165, 1.54) is 4.90 Å². The summed E-state index contributed by atoms with van der Waals surface area (Å²) in [6.45, 7) is 0.186. The van der Waals surface area contributed by atoms with E-state index in [0.29, 0.717) is 18.8 Å². The van der Waals surface area contributed by atoms with Crippen LogP contribution in [-0.2, 0) is 33.4 Å². The Labute approximate surface area is 204 Å². The Hall–Kier alpha value is -3.48. The molecule has 4 N–H and O–H groups in total. The van der Waals surface area contributed by atoms with Crippen LogP contribution in [0.15, 0.2) is 54.6 Å². The molecule has 0 spiro atoms. The molecule has 0 aliphatic carbocycles. The summed E-state index contributed by atoms with van der Waals surface area (Å²) < 4.78 is 31.4. The second-order valence-corrected chi connectivity index (χ2v) is 9.43. The molecule has 3 rings (SSSR count). The number of carbonyl (C=O) groups excluding carboxylic acids is 2. The van der Waals surface area contributed by atoms with Crippen LogP contribution in [0.2, 0.25) is 0 Å². The molecule has 2 aromatic carbocycles. The van der Waals surface area contributed by atoms with E-state index < -0.39 is 22.3 Å². The van der Waals surface area contributed by atoms with Crippen LogP contribution in [0.4, 0.5) is 10.7 Å². The number of nitrogens with zero attached hydrogens (tertiary/aromatic N) is 3. The fourth-order valence-corrected chi connectivity index (χ4v) is 4.05. The summed E-state index contributed by atoms with van der Waals surface area (Å²) in [5, 5.41) is 7.59. The molecule has 0 bridgehead atoms. The Morgan fingerprint density at radius 3 is 2.49 bits per heavy atom. The Kier molecular flexibility index (Phi) is 8.79. The number of alkyl carbamates (subject to hydrolysis) is 1. The minimum absolute atomic E-state index is 0.0620. The molecule has 12 heteroatoms. The van der Waals surface area contributed by atoms with Gasteiger partial charge in [-0.3, -0.25) is 9.69 Å². The van der Waals surface area contributed by atoms with E-state index in [0.717, 1.165) is 16.6 Å². The lowest BCUT2D eigenvalue weighted by Crippen LogP contribution is -2.48. The molecule has 0 aliphatic rings. The summed E-state index contributed by atoms with van der Waals surface area (Å²) in [5.74, 6) is 0.0519. The van der Waals surface area contributed by atoms with Crippen LogP contribution in [0.25, 0.3) is 11.0 Å². The van der Waals surface area contributed by atoms with Gasteiger partial charge in [-0.15, -0.1) is 0 Å². The van der Waals surface area contributed by atoms with Crippen molar-refractivity contribution < 1.29 is 22.7 Å². The Bertz CT molecular complexity index is 1260. The van der Waals surface area contributed by atoms with Crippen molar-refractivity contribution >= 4 is 39.2 Å². The maximum atomic E-state index is 13.4. The molecule has 0 saturated carbocycles. The molecule has 0 radical (unpaired) electrons. The van der Waals surface area contributed by atoms with E-state index in [4.69, 9.17) is 9.88 Å². The largest absolute Gasteiger partial charge is 0.445 e. The number of unbranched alkanes of at least 4 members (excludes halogenated alkanes) is 1. The maximum Gasteiger partial charge on any atom is 0.408 e. The van der Waals surface area contributed by atoms with Crippen molar-refractivity contribution in [1.29, 1.82) is 0 Å². The average molecular weight is 503 g/mol. The SMILES string of the molecule is CN(C(=O)[C@H](CCCCNS(N)(=O)=O)NC(=O)OCc1ccccc1)c1nc2ccccc2n1C. The zero-order chi connectivity index (χ0) is 25.4. The summed E-state index contributed by atoms with van der Waals surface area (Å²) in [5.41, 5.74) is 2.42. The van der Waals surface area contributed by atoms with Crippen LogP contribution in [0, 0.1) is 0 Å². The second kappa shape index (κ2) is 11.8. The van der Waals surface area contributed by atoms with Crippen molar-refractivity contribution in [2.24, 2.45) is 12.2 Å². The van der Waals surface area contributed by atoms with E-state index >= 15 is 0 Å². The lowest BCUT2D eigenvalue weighted by molar-refractivity contribution is -0.120. The molecule has 188 valence electrons. The van der Waals surface area contributed by atoms with Crippen molar-refractivity contribution in [2.75, 3.05) is 18.5 Å². The number of amides is 2. The van der Waals surface area contributed by atoms with Gasteiger partial charge in [0.2, 0.25) is 5.95 Å². The number of para-hydroxylation sites is 2. The van der Waals surface area contributed by atoms with Gasteiger partial charge in [0.15, 0.2) is 0 Å². The summed E-state index contributed by atoms with van der Waals surface area (Å²) in [7, 11) is -0.384. The van der Waals surface area contributed by atoms with Gasteiger partial charge in [0.25, 0.3) is 16.1 Å². The summed E-state index contributed by atoms with van der Waals surface area (Å²) >= 11 is 0. The van der Waals surface area contributed by atoms with E-state index in [1.54, 1.807) is 11.6 Å². The number of fused-ring (bicyclic) bond motifs is 1. The van der Waals surface area contributed by atoms with E-state index in [9.17, 15) is 18.0 Å². The van der Waals surface area contributed by atoms with Gasteiger partial charge in [0.05, 0.1) is 11.0 Å². The Morgan fingerprint density at radius 2 is 1.80 bits per heavy atom. The minimum atomic E-state index is -3.79. The first-order chi connectivity index (χ1) is 16.7. The number of carbonyl (C=O) groups is 2. The number of imidazole rings is 1. The van der Waals surface area contributed by atoms with Crippen LogP contribution in [0.3, 0.4) is 0 Å². The second-order valence-electron chi connectivity index (χ2n) is 8.05. The van der Waals surface area contributed by atoms with Crippen molar-refractivity contribution in [3.8, 4) is 0 Å². The van der Waals surface area contributed by atoms with Gasteiger partial charge in [0, 0.05) is 20.6 Å². The molecule has 11 nitrogen and oxygen atoms in total. The predicted octanol–water partition coefficient (Wildman–Crippen LogP) is 1.79. The van der Waals surface area contributed by atoms with Crippen LogP contribution >= 0.6 is 0 Å². The highest BCUT2D eigenvalue weighted by Gasteiger charge is 2.27. The zero-order valence-electron chi connectivity index (χ0n) is 19.7. The maximum absolute atomic E-state index is 13.4. The Morgan fingerprint density at radius 1 is 1.11 bits per heavy atom. The number of nitrogens with one attached hydrogen (secondary N) is 2. The smallest absolute Gasteiger partial charge is 0.408 e.